The Labute approximate surface area is 208 Å². The first-order valence-corrected chi connectivity index (χ1v) is 12.4. The summed E-state index contributed by atoms with van der Waals surface area (Å²) < 4.78 is 38.7. The van der Waals surface area contributed by atoms with Crippen LogP contribution in [0, 0.1) is 5.92 Å². The summed E-state index contributed by atoms with van der Waals surface area (Å²) in [7, 11) is 0. The van der Waals surface area contributed by atoms with Crippen molar-refractivity contribution in [1.29, 1.82) is 0 Å². The first kappa shape index (κ1) is 25.4. The SMILES string of the molecule is O=C(Nc1ccc(CNc2c(Cl)ccc3c2CCN(C(=O)C(F)(F)F)CC3)cc1)C1CCCCC1. The van der Waals surface area contributed by atoms with Gasteiger partial charge in [-0.3, -0.25) is 9.59 Å². The zero-order valence-electron chi connectivity index (χ0n) is 19.4. The topological polar surface area (TPSA) is 61.4 Å². The fraction of sp³-hybridized carbons (Fsp3) is 0.462. The minimum Gasteiger partial charge on any atom is -0.380 e. The molecule has 0 atom stereocenters. The lowest BCUT2D eigenvalue weighted by Gasteiger charge is -2.21. The van der Waals surface area contributed by atoms with Crippen molar-refractivity contribution < 1.29 is 22.8 Å². The van der Waals surface area contributed by atoms with Gasteiger partial charge >= 0.3 is 12.1 Å². The first-order chi connectivity index (χ1) is 16.7. The van der Waals surface area contributed by atoms with E-state index in [0.29, 0.717) is 23.7 Å². The fourth-order valence-electron chi connectivity index (χ4n) is 4.88. The molecule has 2 amide bonds. The van der Waals surface area contributed by atoms with Crippen molar-refractivity contribution in [2.75, 3.05) is 23.7 Å². The summed E-state index contributed by atoms with van der Waals surface area (Å²) in [5.41, 5.74) is 4.13. The molecule has 1 aliphatic carbocycles. The van der Waals surface area contributed by atoms with E-state index in [4.69, 9.17) is 11.6 Å². The number of halogens is 4. The normalized spacial score (nSPS) is 16.9. The number of fused-ring (bicyclic) bond motifs is 1. The van der Waals surface area contributed by atoms with Crippen LogP contribution in [0.2, 0.25) is 5.02 Å². The van der Waals surface area contributed by atoms with E-state index in [2.05, 4.69) is 10.6 Å². The average Bonchev–Trinajstić information content (AvgIpc) is 3.06. The van der Waals surface area contributed by atoms with Gasteiger partial charge in [-0.05, 0) is 60.6 Å². The molecule has 0 aromatic heterocycles. The van der Waals surface area contributed by atoms with Gasteiger partial charge in [-0.2, -0.15) is 13.2 Å². The lowest BCUT2D eigenvalue weighted by Crippen LogP contribution is -2.42. The second kappa shape index (κ2) is 10.9. The molecule has 0 spiro atoms. The highest BCUT2D eigenvalue weighted by atomic mass is 35.5. The van der Waals surface area contributed by atoms with E-state index >= 15 is 0 Å². The Balaban J connectivity index is 1.39. The molecule has 5 nitrogen and oxygen atoms in total. The van der Waals surface area contributed by atoms with Gasteiger partial charge in [0.15, 0.2) is 0 Å². The van der Waals surface area contributed by atoms with Crippen LogP contribution in [0.25, 0.3) is 0 Å². The molecule has 1 saturated carbocycles. The van der Waals surface area contributed by atoms with E-state index in [9.17, 15) is 22.8 Å². The van der Waals surface area contributed by atoms with Gasteiger partial charge in [0, 0.05) is 31.2 Å². The monoisotopic (exact) mass is 507 g/mol. The molecule has 0 saturated heterocycles. The van der Waals surface area contributed by atoms with E-state index in [1.807, 2.05) is 30.3 Å². The zero-order chi connectivity index (χ0) is 25.0. The Morgan fingerprint density at radius 1 is 0.971 bits per heavy atom. The number of hydrogen-bond donors (Lipinski definition) is 2. The maximum absolute atomic E-state index is 12.9. The predicted molar refractivity (Wildman–Crippen MR) is 130 cm³/mol. The number of rotatable bonds is 5. The Morgan fingerprint density at radius 2 is 1.66 bits per heavy atom. The maximum Gasteiger partial charge on any atom is 0.471 e. The van der Waals surface area contributed by atoms with Crippen molar-refractivity contribution in [1.82, 2.24) is 4.90 Å². The smallest absolute Gasteiger partial charge is 0.380 e. The molecule has 2 aromatic carbocycles. The molecule has 2 aromatic rings. The van der Waals surface area contributed by atoms with Crippen molar-refractivity contribution in [3.8, 4) is 0 Å². The van der Waals surface area contributed by atoms with Crippen LogP contribution in [0.5, 0.6) is 0 Å². The lowest BCUT2D eigenvalue weighted by molar-refractivity contribution is -0.185. The van der Waals surface area contributed by atoms with Gasteiger partial charge in [0.2, 0.25) is 5.91 Å². The van der Waals surface area contributed by atoms with Gasteiger partial charge < -0.3 is 15.5 Å². The molecule has 4 rings (SSSR count). The van der Waals surface area contributed by atoms with Gasteiger partial charge in [0.05, 0.1) is 10.7 Å². The van der Waals surface area contributed by atoms with Crippen LogP contribution in [-0.2, 0) is 29.0 Å². The van der Waals surface area contributed by atoms with E-state index in [1.54, 1.807) is 6.07 Å². The molecule has 188 valence electrons. The molecule has 1 aliphatic heterocycles. The van der Waals surface area contributed by atoms with Gasteiger partial charge in [-0.15, -0.1) is 0 Å². The number of carbonyl (C=O) groups excluding carboxylic acids is 2. The number of anilines is 2. The first-order valence-electron chi connectivity index (χ1n) is 12.0. The van der Waals surface area contributed by atoms with Gasteiger partial charge in [0.1, 0.15) is 0 Å². The minimum atomic E-state index is -4.88. The summed E-state index contributed by atoms with van der Waals surface area (Å²) in [4.78, 5) is 25.0. The van der Waals surface area contributed by atoms with Crippen LogP contribution >= 0.6 is 11.6 Å². The van der Waals surface area contributed by atoms with Crippen LogP contribution in [0.15, 0.2) is 36.4 Å². The van der Waals surface area contributed by atoms with Crippen LogP contribution < -0.4 is 10.6 Å². The molecule has 2 aliphatic rings. The summed E-state index contributed by atoms with van der Waals surface area (Å²) >= 11 is 6.44. The van der Waals surface area contributed by atoms with Crippen molar-refractivity contribution in [2.45, 2.75) is 57.7 Å². The molecule has 35 heavy (non-hydrogen) atoms. The molecule has 2 N–H and O–H groups in total. The Hall–Kier alpha value is -2.74. The number of nitrogens with one attached hydrogen (secondary N) is 2. The van der Waals surface area contributed by atoms with E-state index in [0.717, 1.165) is 53.0 Å². The minimum absolute atomic E-state index is 0.0143. The molecule has 1 fully saturated rings. The third-order valence-corrected chi connectivity index (χ3v) is 7.15. The summed E-state index contributed by atoms with van der Waals surface area (Å²) in [6.45, 7) is 0.453. The second-order valence-corrected chi connectivity index (χ2v) is 9.63. The number of nitrogens with zero attached hydrogens (tertiary/aromatic N) is 1. The third-order valence-electron chi connectivity index (χ3n) is 6.84. The van der Waals surface area contributed by atoms with Gasteiger partial charge in [-0.25, -0.2) is 0 Å². The molecular weight excluding hydrogens is 479 g/mol. The molecule has 9 heteroatoms. The molecule has 0 bridgehead atoms. The number of amides is 2. The number of benzene rings is 2. The zero-order valence-corrected chi connectivity index (χ0v) is 20.1. The van der Waals surface area contributed by atoms with Crippen molar-refractivity contribution >= 4 is 34.8 Å². The summed E-state index contributed by atoms with van der Waals surface area (Å²) in [6, 6.07) is 11.1. The Bertz CT molecular complexity index is 1070. The van der Waals surface area contributed by atoms with Crippen LogP contribution in [0.4, 0.5) is 24.5 Å². The summed E-state index contributed by atoms with van der Waals surface area (Å²) in [5, 5.41) is 6.81. The van der Waals surface area contributed by atoms with Crippen LogP contribution in [-0.4, -0.2) is 36.0 Å². The standard InChI is InChI=1S/C26H29ClF3N3O2/c27-22-11-8-18-12-14-33(25(35)26(28,29)30)15-13-21(18)23(22)31-16-17-6-9-20(10-7-17)32-24(34)19-4-2-1-3-5-19/h6-11,19,31H,1-5,12-16H2,(H,32,34). The van der Waals surface area contributed by atoms with E-state index in [1.165, 1.54) is 6.42 Å². The predicted octanol–water partition coefficient (Wildman–Crippen LogP) is 5.96. The van der Waals surface area contributed by atoms with Crippen molar-refractivity contribution in [2.24, 2.45) is 5.92 Å². The highest BCUT2D eigenvalue weighted by Crippen LogP contribution is 2.33. The number of hydrogen-bond acceptors (Lipinski definition) is 3. The van der Waals surface area contributed by atoms with E-state index < -0.39 is 12.1 Å². The van der Waals surface area contributed by atoms with Crippen LogP contribution in [0.3, 0.4) is 0 Å². The van der Waals surface area contributed by atoms with Crippen LogP contribution in [0.1, 0.15) is 48.8 Å². The molecule has 1 heterocycles. The highest BCUT2D eigenvalue weighted by molar-refractivity contribution is 6.33. The average molecular weight is 508 g/mol. The van der Waals surface area contributed by atoms with Gasteiger partial charge in [0.25, 0.3) is 0 Å². The summed E-state index contributed by atoms with van der Waals surface area (Å²) in [5.74, 6) is -1.64. The quantitative estimate of drug-likeness (QED) is 0.525. The maximum atomic E-state index is 12.9. The van der Waals surface area contributed by atoms with E-state index in [-0.39, 0.29) is 31.3 Å². The lowest BCUT2D eigenvalue weighted by atomic mass is 9.88. The Kier molecular flexibility index (Phi) is 7.89. The summed E-state index contributed by atoms with van der Waals surface area (Å²) in [6.07, 6.45) is 1.03. The fourth-order valence-corrected chi connectivity index (χ4v) is 5.12. The largest absolute Gasteiger partial charge is 0.471 e. The number of carbonyl (C=O) groups is 2. The van der Waals surface area contributed by atoms with Crippen molar-refractivity contribution in [3.63, 3.8) is 0 Å². The molecule has 0 unspecified atom stereocenters. The number of alkyl halides is 3. The molecule has 0 radical (unpaired) electrons. The molecular formula is C26H29ClF3N3O2. The third kappa shape index (κ3) is 6.28. The van der Waals surface area contributed by atoms with Crippen molar-refractivity contribution in [3.05, 3.63) is 58.1 Å². The highest BCUT2D eigenvalue weighted by Gasteiger charge is 2.42. The van der Waals surface area contributed by atoms with Gasteiger partial charge in [-0.1, -0.05) is 49.1 Å². The second-order valence-electron chi connectivity index (χ2n) is 9.22. The Morgan fingerprint density at radius 3 is 2.34 bits per heavy atom.